The summed E-state index contributed by atoms with van der Waals surface area (Å²) in [6.45, 7) is 3.50. The molecule has 2 unspecified atom stereocenters. The topological polar surface area (TPSA) is 86.9 Å². The molecule has 8 heteroatoms. The fourth-order valence-electron chi connectivity index (χ4n) is 2.35. The quantitative estimate of drug-likeness (QED) is 0.590. The van der Waals surface area contributed by atoms with Gasteiger partial charge in [-0.05, 0) is 54.0 Å². The Morgan fingerprint density at radius 1 is 1.16 bits per heavy atom. The smallest absolute Gasteiger partial charge is 0.262 e. The lowest BCUT2D eigenvalue weighted by Gasteiger charge is -2.17. The highest BCUT2D eigenvalue weighted by Gasteiger charge is 2.20. The Balaban J connectivity index is 1.61. The highest BCUT2D eigenvalue weighted by molar-refractivity contribution is 9.11. The van der Waals surface area contributed by atoms with Crippen molar-refractivity contribution in [3.63, 3.8) is 0 Å². The van der Waals surface area contributed by atoms with Gasteiger partial charge in [-0.3, -0.25) is 9.59 Å². The van der Waals surface area contributed by atoms with Crippen LogP contribution in [0.2, 0.25) is 0 Å². The van der Waals surface area contributed by atoms with Crippen molar-refractivity contribution in [2.75, 3.05) is 0 Å². The van der Waals surface area contributed by atoms with Gasteiger partial charge in [-0.15, -0.1) is 11.3 Å². The van der Waals surface area contributed by atoms with Gasteiger partial charge in [-0.1, -0.05) is 12.1 Å². The third kappa shape index (κ3) is 4.08. The zero-order valence-electron chi connectivity index (χ0n) is 13.7. The molecule has 1 aromatic carbocycles. The van der Waals surface area contributed by atoms with Gasteiger partial charge < -0.3 is 15.6 Å². The van der Waals surface area contributed by atoms with Gasteiger partial charge in [0, 0.05) is 0 Å². The minimum Gasteiger partial charge on any atom is -0.345 e. The van der Waals surface area contributed by atoms with Crippen molar-refractivity contribution in [3.8, 4) is 0 Å². The Morgan fingerprint density at radius 3 is 2.60 bits per heavy atom. The highest BCUT2D eigenvalue weighted by Crippen LogP contribution is 2.22. The van der Waals surface area contributed by atoms with Crippen molar-refractivity contribution >= 4 is 50.1 Å². The van der Waals surface area contributed by atoms with Crippen molar-refractivity contribution in [3.05, 3.63) is 50.9 Å². The van der Waals surface area contributed by atoms with E-state index in [-0.39, 0.29) is 17.9 Å². The van der Waals surface area contributed by atoms with E-state index in [4.69, 9.17) is 0 Å². The third-order valence-electron chi connectivity index (χ3n) is 3.71. The molecule has 0 bridgehead atoms. The molecule has 2 heterocycles. The molecule has 0 radical (unpaired) electrons. The van der Waals surface area contributed by atoms with Crippen molar-refractivity contribution in [2.45, 2.75) is 25.9 Å². The SMILES string of the molecule is CC(NC(=O)c1ccc(Br)s1)C(=O)NC(C)c1nc2ccccc2[nH]1. The standard InChI is InChI=1S/C17H17BrN4O2S/c1-9(15-21-11-5-3-4-6-12(11)22-15)19-16(23)10(2)20-17(24)13-7-8-14(18)25-13/h3-10H,1-2H3,(H,19,23)(H,20,24)(H,21,22). The minimum absolute atomic E-state index is 0.267. The van der Waals surface area contributed by atoms with Gasteiger partial charge in [0.15, 0.2) is 0 Å². The number of rotatable bonds is 5. The van der Waals surface area contributed by atoms with E-state index in [1.54, 1.807) is 19.1 Å². The van der Waals surface area contributed by atoms with Gasteiger partial charge in [-0.25, -0.2) is 4.98 Å². The minimum atomic E-state index is -0.653. The number of carbonyl (C=O) groups excluding carboxylic acids is 2. The lowest BCUT2D eigenvalue weighted by Crippen LogP contribution is -2.45. The summed E-state index contributed by atoms with van der Waals surface area (Å²) in [5, 5.41) is 5.57. The number of aromatic nitrogens is 2. The number of imidazole rings is 1. The largest absolute Gasteiger partial charge is 0.345 e. The van der Waals surface area contributed by atoms with E-state index in [0.29, 0.717) is 10.7 Å². The lowest BCUT2D eigenvalue weighted by atomic mass is 10.2. The van der Waals surface area contributed by atoms with E-state index in [1.165, 1.54) is 11.3 Å². The fraction of sp³-hybridized carbons (Fsp3) is 0.235. The number of nitrogens with one attached hydrogen (secondary N) is 3. The number of carbonyl (C=O) groups is 2. The van der Waals surface area contributed by atoms with Crippen LogP contribution < -0.4 is 10.6 Å². The number of halogens is 1. The summed E-state index contributed by atoms with van der Waals surface area (Å²) in [5.41, 5.74) is 1.77. The summed E-state index contributed by atoms with van der Waals surface area (Å²) >= 11 is 4.64. The summed E-state index contributed by atoms with van der Waals surface area (Å²) in [5.74, 6) is 0.141. The number of nitrogens with zero attached hydrogens (tertiary/aromatic N) is 1. The Bertz CT molecular complexity index is 887. The molecule has 6 nitrogen and oxygen atoms in total. The van der Waals surface area contributed by atoms with Crippen LogP contribution in [0.25, 0.3) is 11.0 Å². The molecule has 25 heavy (non-hydrogen) atoms. The van der Waals surface area contributed by atoms with E-state index in [0.717, 1.165) is 14.8 Å². The van der Waals surface area contributed by atoms with Crippen molar-refractivity contribution < 1.29 is 9.59 Å². The number of hydrogen-bond donors (Lipinski definition) is 3. The molecule has 3 N–H and O–H groups in total. The third-order valence-corrected chi connectivity index (χ3v) is 5.34. The van der Waals surface area contributed by atoms with E-state index in [1.807, 2.05) is 31.2 Å². The summed E-state index contributed by atoms with van der Waals surface area (Å²) in [7, 11) is 0. The Labute approximate surface area is 157 Å². The van der Waals surface area contributed by atoms with Gasteiger partial charge in [0.25, 0.3) is 5.91 Å². The summed E-state index contributed by atoms with van der Waals surface area (Å²) in [6, 6.07) is 10.2. The monoisotopic (exact) mass is 420 g/mol. The van der Waals surface area contributed by atoms with Crippen LogP contribution in [0.15, 0.2) is 40.2 Å². The number of H-pyrrole nitrogens is 1. The Morgan fingerprint density at radius 2 is 1.92 bits per heavy atom. The number of aromatic amines is 1. The van der Waals surface area contributed by atoms with Crippen molar-refractivity contribution in [2.24, 2.45) is 0 Å². The van der Waals surface area contributed by atoms with Gasteiger partial charge in [0.1, 0.15) is 11.9 Å². The molecule has 0 fully saturated rings. The van der Waals surface area contributed by atoms with Crippen LogP contribution in [-0.2, 0) is 4.79 Å². The molecule has 2 atom stereocenters. The first-order valence-electron chi connectivity index (χ1n) is 7.75. The van der Waals surface area contributed by atoms with Crippen molar-refractivity contribution in [1.29, 1.82) is 0 Å². The number of amides is 2. The Kier molecular flexibility index (Phi) is 5.19. The molecule has 2 aromatic heterocycles. The lowest BCUT2D eigenvalue weighted by molar-refractivity contribution is -0.123. The zero-order valence-corrected chi connectivity index (χ0v) is 16.1. The van der Waals surface area contributed by atoms with Crippen LogP contribution >= 0.6 is 27.3 Å². The Hall–Kier alpha value is -2.19. The first-order valence-corrected chi connectivity index (χ1v) is 9.36. The summed E-state index contributed by atoms with van der Waals surface area (Å²) in [6.07, 6.45) is 0. The van der Waals surface area contributed by atoms with E-state index >= 15 is 0 Å². The number of thiophene rings is 1. The van der Waals surface area contributed by atoms with Gasteiger partial charge in [0.2, 0.25) is 5.91 Å². The zero-order chi connectivity index (χ0) is 18.0. The molecule has 3 aromatic rings. The molecule has 0 saturated heterocycles. The van der Waals surface area contributed by atoms with E-state index < -0.39 is 6.04 Å². The molecule has 0 spiro atoms. The van der Waals surface area contributed by atoms with Crippen LogP contribution in [0, 0.1) is 0 Å². The molecule has 0 aliphatic heterocycles. The van der Waals surface area contributed by atoms with Gasteiger partial charge in [-0.2, -0.15) is 0 Å². The predicted octanol–water partition coefficient (Wildman–Crippen LogP) is 3.38. The van der Waals surface area contributed by atoms with Crippen LogP contribution in [0.1, 0.15) is 35.4 Å². The average molecular weight is 421 g/mol. The first-order chi connectivity index (χ1) is 11.9. The predicted molar refractivity (Wildman–Crippen MR) is 102 cm³/mol. The fourth-order valence-corrected chi connectivity index (χ4v) is 3.64. The number of para-hydroxylation sites is 2. The highest BCUT2D eigenvalue weighted by atomic mass is 79.9. The first kappa shape index (κ1) is 17.6. The van der Waals surface area contributed by atoms with Crippen LogP contribution in [0.4, 0.5) is 0 Å². The number of benzene rings is 1. The molecule has 3 rings (SSSR count). The molecule has 130 valence electrons. The van der Waals surface area contributed by atoms with Crippen molar-refractivity contribution in [1.82, 2.24) is 20.6 Å². The molecule has 0 saturated carbocycles. The summed E-state index contributed by atoms with van der Waals surface area (Å²) in [4.78, 5) is 32.7. The molecular weight excluding hydrogens is 404 g/mol. The normalized spacial score (nSPS) is 13.4. The maximum Gasteiger partial charge on any atom is 0.262 e. The van der Waals surface area contributed by atoms with E-state index in [9.17, 15) is 9.59 Å². The molecule has 0 aliphatic rings. The maximum atomic E-state index is 12.3. The second-order valence-corrected chi connectivity index (χ2v) is 8.13. The molecular formula is C17H17BrN4O2S. The van der Waals surface area contributed by atoms with Crippen LogP contribution in [-0.4, -0.2) is 27.8 Å². The second kappa shape index (κ2) is 7.37. The van der Waals surface area contributed by atoms with Gasteiger partial charge in [0.05, 0.1) is 25.7 Å². The average Bonchev–Trinajstić information content (AvgIpc) is 3.20. The number of hydrogen-bond acceptors (Lipinski definition) is 4. The number of fused-ring (bicyclic) bond motifs is 1. The second-order valence-electron chi connectivity index (χ2n) is 5.67. The van der Waals surface area contributed by atoms with Crippen LogP contribution in [0.5, 0.6) is 0 Å². The van der Waals surface area contributed by atoms with E-state index in [2.05, 4.69) is 36.5 Å². The van der Waals surface area contributed by atoms with Gasteiger partial charge >= 0.3 is 0 Å². The van der Waals surface area contributed by atoms with Crippen LogP contribution in [0.3, 0.4) is 0 Å². The maximum absolute atomic E-state index is 12.3. The molecule has 0 aliphatic carbocycles. The summed E-state index contributed by atoms with van der Waals surface area (Å²) < 4.78 is 0.869. The molecule has 2 amide bonds.